The van der Waals surface area contributed by atoms with Gasteiger partial charge in [-0.1, -0.05) is 24.3 Å². The summed E-state index contributed by atoms with van der Waals surface area (Å²) in [6.07, 6.45) is 4.76. The van der Waals surface area contributed by atoms with Crippen LogP contribution in [0.3, 0.4) is 0 Å². The lowest BCUT2D eigenvalue weighted by Gasteiger charge is -2.43. The number of hydrogen-bond acceptors (Lipinski definition) is 4. The number of rotatable bonds is 3. The molecule has 1 spiro atoms. The summed E-state index contributed by atoms with van der Waals surface area (Å²) >= 11 is 0. The molecule has 1 aromatic carbocycles. The molecule has 5 nitrogen and oxygen atoms in total. The zero-order valence-corrected chi connectivity index (χ0v) is 14.8. The van der Waals surface area contributed by atoms with E-state index in [1.54, 1.807) is 0 Å². The van der Waals surface area contributed by atoms with Crippen LogP contribution < -0.4 is 5.32 Å². The predicted octanol–water partition coefficient (Wildman–Crippen LogP) is 1.89. The molecule has 3 aliphatic rings. The van der Waals surface area contributed by atoms with Gasteiger partial charge in [0.25, 0.3) is 0 Å². The van der Waals surface area contributed by atoms with Gasteiger partial charge in [0.1, 0.15) is 0 Å². The summed E-state index contributed by atoms with van der Waals surface area (Å²) in [5.41, 5.74) is 2.71. The van der Waals surface area contributed by atoms with E-state index in [9.17, 15) is 4.79 Å². The van der Waals surface area contributed by atoms with Crippen LogP contribution in [0.4, 0.5) is 0 Å². The van der Waals surface area contributed by atoms with Crippen molar-refractivity contribution in [1.82, 2.24) is 10.2 Å². The van der Waals surface area contributed by atoms with Gasteiger partial charge in [-0.25, -0.2) is 0 Å². The largest absolute Gasteiger partial charge is 0.381 e. The third kappa shape index (κ3) is 4.05. The summed E-state index contributed by atoms with van der Waals surface area (Å²) < 4.78 is 11.5. The molecule has 25 heavy (non-hydrogen) atoms. The van der Waals surface area contributed by atoms with Gasteiger partial charge in [0.15, 0.2) is 0 Å². The van der Waals surface area contributed by atoms with Gasteiger partial charge in [-0.15, -0.1) is 0 Å². The first kappa shape index (κ1) is 17.0. The van der Waals surface area contributed by atoms with Gasteiger partial charge in [-0.05, 0) is 43.2 Å². The number of nitrogens with one attached hydrogen (secondary N) is 1. The molecule has 1 atom stereocenters. The maximum Gasteiger partial charge on any atom is 0.234 e. The van der Waals surface area contributed by atoms with Crippen LogP contribution >= 0.6 is 0 Å². The third-order valence-corrected chi connectivity index (χ3v) is 5.84. The van der Waals surface area contributed by atoms with Crippen molar-refractivity contribution in [2.45, 2.75) is 50.3 Å². The zero-order chi connectivity index (χ0) is 17.1. The van der Waals surface area contributed by atoms with Crippen LogP contribution in [0.2, 0.25) is 0 Å². The molecule has 0 aromatic heterocycles. The third-order valence-electron chi connectivity index (χ3n) is 5.84. The van der Waals surface area contributed by atoms with Crippen molar-refractivity contribution in [2.24, 2.45) is 0 Å². The van der Waals surface area contributed by atoms with Crippen molar-refractivity contribution >= 4 is 5.91 Å². The molecule has 3 heterocycles. The van der Waals surface area contributed by atoms with Crippen molar-refractivity contribution in [3.8, 4) is 0 Å². The van der Waals surface area contributed by atoms with Gasteiger partial charge in [0.05, 0.1) is 12.1 Å². The molecule has 3 aliphatic heterocycles. The Labute approximate surface area is 149 Å². The molecular formula is C20H28N2O3. The van der Waals surface area contributed by atoms with Crippen LogP contribution in [0.1, 0.15) is 36.8 Å². The maximum atomic E-state index is 12.5. The van der Waals surface area contributed by atoms with Crippen LogP contribution in [-0.4, -0.2) is 55.4 Å². The molecule has 0 unspecified atom stereocenters. The molecule has 0 bridgehead atoms. The molecule has 2 fully saturated rings. The lowest BCUT2D eigenvalue weighted by Crippen LogP contribution is -2.52. The van der Waals surface area contributed by atoms with Gasteiger partial charge >= 0.3 is 0 Å². The summed E-state index contributed by atoms with van der Waals surface area (Å²) in [6, 6.07) is 8.78. The zero-order valence-electron chi connectivity index (χ0n) is 14.8. The van der Waals surface area contributed by atoms with E-state index in [1.807, 2.05) is 0 Å². The first-order valence-electron chi connectivity index (χ1n) is 9.53. The van der Waals surface area contributed by atoms with Crippen molar-refractivity contribution in [1.29, 1.82) is 0 Å². The Morgan fingerprint density at radius 1 is 1.20 bits per heavy atom. The number of carbonyl (C=O) groups excluding carboxylic acids is 1. The monoisotopic (exact) mass is 344 g/mol. The molecule has 0 saturated carbocycles. The molecule has 0 aliphatic carbocycles. The predicted molar refractivity (Wildman–Crippen MR) is 95.3 cm³/mol. The van der Waals surface area contributed by atoms with Crippen molar-refractivity contribution in [3.63, 3.8) is 0 Å². The topological polar surface area (TPSA) is 50.8 Å². The molecule has 1 amide bonds. The van der Waals surface area contributed by atoms with Crippen LogP contribution in [0, 0.1) is 0 Å². The number of ether oxygens (including phenoxy) is 2. The fourth-order valence-electron chi connectivity index (χ4n) is 4.41. The SMILES string of the molecule is O=C(CN1CCc2ccccc2C1)N[C@@H]1CCOC2(CCOCC2)C1. The van der Waals surface area contributed by atoms with E-state index in [0.29, 0.717) is 6.54 Å². The highest BCUT2D eigenvalue weighted by Gasteiger charge is 2.39. The van der Waals surface area contributed by atoms with E-state index in [0.717, 1.165) is 65.0 Å². The van der Waals surface area contributed by atoms with E-state index in [-0.39, 0.29) is 17.6 Å². The fraction of sp³-hybridized carbons (Fsp3) is 0.650. The molecule has 1 N–H and O–H groups in total. The van der Waals surface area contributed by atoms with Crippen molar-refractivity contribution in [3.05, 3.63) is 35.4 Å². The van der Waals surface area contributed by atoms with Crippen LogP contribution in [0.25, 0.3) is 0 Å². The summed E-state index contributed by atoms with van der Waals surface area (Å²) in [7, 11) is 0. The van der Waals surface area contributed by atoms with Crippen molar-refractivity contribution in [2.75, 3.05) is 32.9 Å². The lowest BCUT2D eigenvalue weighted by atomic mass is 9.84. The number of carbonyl (C=O) groups is 1. The molecule has 1 aromatic rings. The number of nitrogens with zero attached hydrogens (tertiary/aromatic N) is 1. The number of hydrogen-bond donors (Lipinski definition) is 1. The Morgan fingerprint density at radius 3 is 2.84 bits per heavy atom. The second-order valence-electron chi connectivity index (χ2n) is 7.63. The first-order chi connectivity index (χ1) is 12.2. The normalized spacial score (nSPS) is 26.2. The fourth-order valence-corrected chi connectivity index (χ4v) is 4.41. The molecular weight excluding hydrogens is 316 g/mol. The number of amides is 1. The molecule has 5 heteroatoms. The van der Waals surface area contributed by atoms with E-state index in [1.165, 1.54) is 11.1 Å². The second-order valence-corrected chi connectivity index (χ2v) is 7.63. The minimum absolute atomic E-state index is 0.0709. The average Bonchev–Trinajstić information content (AvgIpc) is 2.62. The Hall–Kier alpha value is -1.43. The highest BCUT2D eigenvalue weighted by molar-refractivity contribution is 5.78. The minimum atomic E-state index is -0.0709. The first-order valence-corrected chi connectivity index (χ1v) is 9.53. The van der Waals surface area contributed by atoms with Gasteiger partial charge in [-0.3, -0.25) is 9.69 Å². The van der Waals surface area contributed by atoms with E-state index < -0.39 is 0 Å². The Bertz CT molecular complexity index is 607. The lowest BCUT2D eigenvalue weighted by molar-refractivity contribution is -0.144. The van der Waals surface area contributed by atoms with E-state index >= 15 is 0 Å². The minimum Gasteiger partial charge on any atom is -0.381 e. The molecule has 136 valence electrons. The summed E-state index contributed by atoms with van der Waals surface area (Å²) in [6.45, 7) is 4.60. The Balaban J connectivity index is 1.29. The Morgan fingerprint density at radius 2 is 2.00 bits per heavy atom. The summed E-state index contributed by atoms with van der Waals surface area (Å²) in [5.74, 6) is 0.147. The van der Waals surface area contributed by atoms with Gasteiger partial charge in [-0.2, -0.15) is 0 Å². The van der Waals surface area contributed by atoms with Crippen molar-refractivity contribution < 1.29 is 14.3 Å². The van der Waals surface area contributed by atoms with Crippen LogP contribution in [-0.2, 0) is 27.2 Å². The van der Waals surface area contributed by atoms with Gasteiger partial charge in [0.2, 0.25) is 5.91 Å². The Kier molecular flexibility index (Phi) is 5.06. The second kappa shape index (κ2) is 7.44. The van der Waals surface area contributed by atoms with Gasteiger partial charge in [0, 0.05) is 39.0 Å². The quantitative estimate of drug-likeness (QED) is 0.910. The standard InChI is InChI=1S/C20H28N2O3/c23-19(15-22-9-5-16-3-1-2-4-17(16)14-22)21-18-6-10-25-20(13-18)7-11-24-12-8-20/h1-4,18H,5-15H2,(H,21,23)/t18-/m1/s1. The maximum absolute atomic E-state index is 12.5. The number of fused-ring (bicyclic) bond motifs is 1. The molecule has 2 saturated heterocycles. The summed E-state index contributed by atoms with van der Waals surface area (Å²) in [5, 5.41) is 3.26. The average molecular weight is 344 g/mol. The van der Waals surface area contributed by atoms with Crippen LogP contribution in [0.15, 0.2) is 24.3 Å². The van der Waals surface area contributed by atoms with E-state index in [2.05, 4.69) is 34.5 Å². The molecule has 0 radical (unpaired) electrons. The molecule has 4 rings (SSSR count). The number of benzene rings is 1. The smallest absolute Gasteiger partial charge is 0.234 e. The van der Waals surface area contributed by atoms with Gasteiger partial charge < -0.3 is 14.8 Å². The highest BCUT2D eigenvalue weighted by atomic mass is 16.5. The van der Waals surface area contributed by atoms with E-state index in [4.69, 9.17) is 9.47 Å². The highest BCUT2D eigenvalue weighted by Crippen LogP contribution is 2.34. The summed E-state index contributed by atoms with van der Waals surface area (Å²) in [4.78, 5) is 14.8. The van der Waals surface area contributed by atoms with Crippen LogP contribution in [0.5, 0.6) is 0 Å².